The van der Waals surface area contributed by atoms with Gasteiger partial charge < -0.3 is 4.90 Å². The number of hydrogen-bond donors (Lipinski definition) is 0. The van der Waals surface area contributed by atoms with Crippen LogP contribution in [0.2, 0.25) is 5.15 Å². The van der Waals surface area contributed by atoms with Crippen LogP contribution in [0.3, 0.4) is 0 Å². The molecule has 1 fully saturated rings. The first-order valence-electron chi connectivity index (χ1n) is 6.67. The summed E-state index contributed by atoms with van der Waals surface area (Å²) in [6.07, 6.45) is 4.14. The van der Waals surface area contributed by atoms with Gasteiger partial charge in [0.25, 0.3) is 0 Å². The van der Waals surface area contributed by atoms with Crippen molar-refractivity contribution in [1.29, 1.82) is 0 Å². The third kappa shape index (κ3) is 3.24. The van der Waals surface area contributed by atoms with Crippen LogP contribution in [0.1, 0.15) is 49.3 Å². The van der Waals surface area contributed by atoms with Crippen LogP contribution in [-0.4, -0.2) is 29.3 Å². The highest BCUT2D eigenvalue weighted by Crippen LogP contribution is 2.32. The Kier molecular flexibility index (Phi) is 4.09. The van der Waals surface area contributed by atoms with Gasteiger partial charge in [-0.1, -0.05) is 25.4 Å². The molecule has 0 saturated carbocycles. The fourth-order valence-corrected chi connectivity index (χ4v) is 2.76. The number of nitrogens with zero attached hydrogens (tertiary/aromatic N) is 3. The lowest BCUT2D eigenvalue weighted by molar-refractivity contribution is 0.112. The van der Waals surface area contributed by atoms with Gasteiger partial charge in [-0.05, 0) is 31.6 Å². The normalized spacial score (nSPS) is 19.1. The Balaban J connectivity index is 2.33. The van der Waals surface area contributed by atoms with Gasteiger partial charge in [-0.15, -0.1) is 0 Å². The Morgan fingerprint density at radius 2 is 2.00 bits per heavy atom. The van der Waals surface area contributed by atoms with Crippen molar-refractivity contribution in [1.82, 2.24) is 9.97 Å². The van der Waals surface area contributed by atoms with Gasteiger partial charge in [-0.3, -0.25) is 4.79 Å². The minimum atomic E-state index is 0.251. The van der Waals surface area contributed by atoms with Gasteiger partial charge >= 0.3 is 0 Å². The van der Waals surface area contributed by atoms with Crippen molar-refractivity contribution < 1.29 is 4.79 Å². The molecular weight excluding hydrogens is 262 g/mol. The molecule has 0 N–H and O–H groups in total. The van der Waals surface area contributed by atoms with Crippen molar-refractivity contribution in [2.24, 2.45) is 5.41 Å². The van der Waals surface area contributed by atoms with Gasteiger partial charge in [0.1, 0.15) is 16.8 Å². The number of carbonyl (C=O) groups excluding carboxylic acids is 1. The Bertz CT molecular complexity index is 488. The number of rotatable bonds is 2. The summed E-state index contributed by atoms with van der Waals surface area (Å²) in [4.78, 5) is 21.9. The highest BCUT2D eigenvalue weighted by atomic mass is 35.5. The van der Waals surface area contributed by atoms with Gasteiger partial charge in [0, 0.05) is 13.1 Å². The van der Waals surface area contributed by atoms with Crippen LogP contribution < -0.4 is 4.90 Å². The molecule has 1 aromatic heterocycles. The minimum absolute atomic E-state index is 0.251. The van der Waals surface area contributed by atoms with Crippen LogP contribution in [-0.2, 0) is 0 Å². The van der Waals surface area contributed by atoms with Crippen molar-refractivity contribution in [3.8, 4) is 0 Å². The Hall–Kier alpha value is -1.16. The van der Waals surface area contributed by atoms with Gasteiger partial charge in [-0.25, -0.2) is 9.97 Å². The van der Waals surface area contributed by atoms with Crippen LogP contribution in [0, 0.1) is 12.3 Å². The van der Waals surface area contributed by atoms with E-state index in [0.717, 1.165) is 32.2 Å². The fraction of sp³-hybridized carbons (Fsp3) is 0.643. The third-order valence-electron chi connectivity index (χ3n) is 3.75. The monoisotopic (exact) mass is 281 g/mol. The van der Waals surface area contributed by atoms with Gasteiger partial charge in [0.15, 0.2) is 6.29 Å². The van der Waals surface area contributed by atoms with E-state index >= 15 is 0 Å². The molecule has 0 atom stereocenters. The lowest BCUT2D eigenvalue weighted by Gasteiger charge is -2.25. The second-order valence-corrected chi connectivity index (χ2v) is 6.28. The zero-order chi connectivity index (χ0) is 14.0. The molecule has 2 heterocycles. The topological polar surface area (TPSA) is 46.1 Å². The van der Waals surface area contributed by atoms with Crippen LogP contribution in [0.25, 0.3) is 0 Å². The molecule has 0 amide bonds. The van der Waals surface area contributed by atoms with Gasteiger partial charge in [0.2, 0.25) is 0 Å². The number of aldehydes is 1. The molecule has 2 rings (SSSR count). The summed E-state index contributed by atoms with van der Waals surface area (Å²) >= 11 is 6.04. The summed E-state index contributed by atoms with van der Waals surface area (Å²) in [5.74, 6) is 1.29. The molecule has 19 heavy (non-hydrogen) atoms. The van der Waals surface area contributed by atoms with Gasteiger partial charge in [-0.2, -0.15) is 0 Å². The number of aryl methyl sites for hydroxylation is 1. The minimum Gasteiger partial charge on any atom is -0.356 e. The highest BCUT2D eigenvalue weighted by Gasteiger charge is 2.25. The molecule has 1 saturated heterocycles. The lowest BCUT2D eigenvalue weighted by Crippen LogP contribution is -2.27. The van der Waals surface area contributed by atoms with E-state index in [2.05, 4.69) is 28.7 Å². The third-order valence-corrected chi connectivity index (χ3v) is 4.04. The number of anilines is 1. The second kappa shape index (κ2) is 5.45. The van der Waals surface area contributed by atoms with Crippen LogP contribution in [0.4, 0.5) is 5.82 Å². The first kappa shape index (κ1) is 14.3. The summed E-state index contributed by atoms with van der Waals surface area (Å²) in [7, 11) is 0. The maximum Gasteiger partial charge on any atom is 0.156 e. The zero-order valence-electron chi connectivity index (χ0n) is 11.7. The standard InChI is InChI=1S/C14H20ClN3O/c1-10-16-12(15)11(9-19)13(17-10)18-7-4-5-14(2,3)6-8-18/h9H,4-8H2,1-3H3. The van der Waals surface area contributed by atoms with Crippen molar-refractivity contribution in [3.63, 3.8) is 0 Å². The number of hydrogen-bond acceptors (Lipinski definition) is 4. The Labute approximate surface area is 119 Å². The Morgan fingerprint density at radius 1 is 1.26 bits per heavy atom. The largest absolute Gasteiger partial charge is 0.356 e. The van der Waals surface area contributed by atoms with Crippen molar-refractivity contribution in [2.45, 2.75) is 40.0 Å². The average Bonchev–Trinajstić information content (AvgIpc) is 2.49. The molecule has 4 nitrogen and oxygen atoms in total. The molecule has 0 radical (unpaired) electrons. The Morgan fingerprint density at radius 3 is 2.68 bits per heavy atom. The first-order valence-corrected chi connectivity index (χ1v) is 7.05. The summed E-state index contributed by atoms with van der Waals surface area (Å²) in [6.45, 7) is 8.19. The van der Waals surface area contributed by atoms with Crippen molar-refractivity contribution in [2.75, 3.05) is 18.0 Å². The second-order valence-electron chi connectivity index (χ2n) is 5.92. The molecule has 5 heteroatoms. The van der Waals surface area contributed by atoms with E-state index in [0.29, 0.717) is 22.6 Å². The maximum absolute atomic E-state index is 11.2. The molecule has 0 spiro atoms. The van der Waals surface area contributed by atoms with Crippen molar-refractivity contribution >= 4 is 23.7 Å². The van der Waals surface area contributed by atoms with E-state index in [4.69, 9.17) is 11.6 Å². The van der Waals surface area contributed by atoms with E-state index in [-0.39, 0.29) is 5.15 Å². The van der Waals surface area contributed by atoms with Crippen molar-refractivity contribution in [3.05, 3.63) is 16.5 Å². The van der Waals surface area contributed by atoms with Crippen LogP contribution in [0.15, 0.2) is 0 Å². The van der Waals surface area contributed by atoms with Crippen LogP contribution >= 0.6 is 11.6 Å². The van der Waals surface area contributed by atoms with E-state index < -0.39 is 0 Å². The van der Waals surface area contributed by atoms with Gasteiger partial charge in [0.05, 0.1) is 5.56 Å². The molecule has 1 aliphatic heterocycles. The number of aromatic nitrogens is 2. The molecule has 1 aromatic rings. The highest BCUT2D eigenvalue weighted by molar-refractivity contribution is 6.32. The summed E-state index contributed by atoms with van der Waals surface area (Å²) in [6, 6.07) is 0. The molecule has 1 aliphatic rings. The fourth-order valence-electron chi connectivity index (χ4n) is 2.51. The summed E-state index contributed by atoms with van der Waals surface area (Å²) < 4.78 is 0. The predicted molar refractivity (Wildman–Crippen MR) is 77.0 cm³/mol. The van der Waals surface area contributed by atoms with E-state index in [1.54, 1.807) is 6.92 Å². The molecular formula is C14H20ClN3O. The van der Waals surface area contributed by atoms with E-state index in [1.807, 2.05) is 0 Å². The van der Waals surface area contributed by atoms with E-state index in [1.165, 1.54) is 6.42 Å². The van der Waals surface area contributed by atoms with E-state index in [9.17, 15) is 4.79 Å². The SMILES string of the molecule is Cc1nc(Cl)c(C=O)c(N2CCCC(C)(C)CC2)n1. The molecule has 0 unspecified atom stereocenters. The quantitative estimate of drug-likeness (QED) is 0.616. The molecule has 0 aromatic carbocycles. The maximum atomic E-state index is 11.2. The molecule has 104 valence electrons. The van der Waals surface area contributed by atoms with Crippen LogP contribution in [0.5, 0.6) is 0 Å². The predicted octanol–water partition coefficient (Wildman–Crippen LogP) is 3.27. The summed E-state index contributed by atoms with van der Waals surface area (Å²) in [5, 5.41) is 0.251. The number of halogens is 1. The average molecular weight is 282 g/mol. The lowest BCUT2D eigenvalue weighted by atomic mass is 9.85. The zero-order valence-corrected chi connectivity index (χ0v) is 12.5. The first-order chi connectivity index (χ1) is 8.93. The molecule has 0 bridgehead atoms. The molecule has 0 aliphatic carbocycles. The smallest absolute Gasteiger partial charge is 0.156 e. The number of carbonyl (C=O) groups is 1. The summed E-state index contributed by atoms with van der Waals surface area (Å²) in [5.41, 5.74) is 0.758.